The maximum Gasteiger partial charge on any atom is 0.236 e. The molecule has 172 valence electrons. The predicted octanol–water partition coefficient (Wildman–Crippen LogP) is 1.89. The summed E-state index contributed by atoms with van der Waals surface area (Å²) in [6, 6.07) is 5.19. The van der Waals surface area contributed by atoms with E-state index in [1.165, 1.54) is 12.8 Å². The Balaban J connectivity index is 1.54. The van der Waals surface area contributed by atoms with E-state index in [9.17, 15) is 9.90 Å². The number of phenols is 1. The van der Waals surface area contributed by atoms with Gasteiger partial charge >= 0.3 is 0 Å². The highest BCUT2D eigenvalue weighted by Crippen LogP contribution is 2.23. The molecule has 0 radical (unpaired) electrons. The number of nitrogens with zero attached hydrogens (tertiary/aromatic N) is 4. The Kier molecular flexibility index (Phi) is 8.82. The lowest BCUT2D eigenvalue weighted by molar-refractivity contribution is -0.132. The fourth-order valence-electron chi connectivity index (χ4n) is 4.13. The van der Waals surface area contributed by atoms with Crippen LogP contribution in [-0.4, -0.2) is 91.1 Å². The van der Waals surface area contributed by atoms with Crippen LogP contribution in [0.3, 0.4) is 0 Å². The molecule has 0 unspecified atom stereocenters. The van der Waals surface area contributed by atoms with Crippen LogP contribution in [0.1, 0.15) is 38.2 Å². The van der Waals surface area contributed by atoms with Gasteiger partial charge in [-0.25, -0.2) is 4.99 Å². The van der Waals surface area contributed by atoms with Crippen LogP contribution in [0.25, 0.3) is 0 Å². The van der Waals surface area contributed by atoms with Crippen LogP contribution in [0.4, 0.5) is 0 Å². The molecule has 1 aromatic rings. The quantitative estimate of drug-likeness (QED) is 0.529. The second-order valence-electron chi connectivity index (χ2n) is 8.22. The number of methoxy groups -OCH3 is 1. The van der Waals surface area contributed by atoms with Crippen LogP contribution in [0.15, 0.2) is 23.2 Å². The third kappa shape index (κ3) is 6.75. The molecule has 0 aliphatic carbocycles. The van der Waals surface area contributed by atoms with Gasteiger partial charge in [0.2, 0.25) is 5.91 Å². The number of rotatable bonds is 6. The molecule has 0 atom stereocenters. The zero-order valence-corrected chi connectivity index (χ0v) is 19.0. The molecule has 1 aromatic carbocycles. The summed E-state index contributed by atoms with van der Waals surface area (Å²) in [5, 5.41) is 13.5. The second kappa shape index (κ2) is 11.8. The smallest absolute Gasteiger partial charge is 0.236 e. The summed E-state index contributed by atoms with van der Waals surface area (Å²) in [6.07, 6.45) is 4.74. The Morgan fingerprint density at radius 1 is 1.06 bits per heavy atom. The molecule has 8 nitrogen and oxygen atoms in total. The predicted molar refractivity (Wildman–Crippen MR) is 123 cm³/mol. The number of carbonyl (C=O) groups excluding carboxylic acids is 1. The lowest BCUT2D eigenvalue weighted by Crippen LogP contribution is -2.54. The third-order valence-corrected chi connectivity index (χ3v) is 6.01. The van der Waals surface area contributed by atoms with Gasteiger partial charge in [0, 0.05) is 51.4 Å². The Morgan fingerprint density at radius 2 is 1.77 bits per heavy atom. The van der Waals surface area contributed by atoms with Crippen molar-refractivity contribution in [1.82, 2.24) is 20.0 Å². The number of guanidine groups is 1. The number of aliphatic imine (C=N–C) groups is 1. The van der Waals surface area contributed by atoms with Gasteiger partial charge in [-0.2, -0.15) is 0 Å². The van der Waals surface area contributed by atoms with Crippen molar-refractivity contribution < 1.29 is 14.6 Å². The highest BCUT2D eigenvalue weighted by molar-refractivity contribution is 5.80. The van der Waals surface area contributed by atoms with Crippen LogP contribution >= 0.6 is 0 Å². The molecule has 3 rings (SSSR count). The van der Waals surface area contributed by atoms with Crippen molar-refractivity contribution >= 4 is 11.9 Å². The van der Waals surface area contributed by atoms with Crippen LogP contribution in [0.5, 0.6) is 11.5 Å². The third-order valence-electron chi connectivity index (χ3n) is 6.01. The fourth-order valence-corrected chi connectivity index (χ4v) is 4.13. The Hall–Kier alpha value is -2.48. The van der Waals surface area contributed by atoms with Gasteiger partial charge in [-0.3, -0.25) is 9.69 Å². The van der Waals surface area contributed by atoms with Crippen molar-refractivity contribution in [1.29, 1.82) is 0 Å². The molecule has 0 bridgehead atoms. The first kappa shape index (κ1) is 23.2. The van der Waals surface area contributed by atoms with E-state index in [-0.39, 0.29) is 11.7 Å². The molecule has 2 aliphatic heterocycles. The molecular weight excluding hydrogens is 394 g/mol. The minimum atomic E-state index is 0.220. The Bertz CT molecular complexity index is 739. The van der Waals surface area contributed by atoms with Crippen LogP contribution in [0, 0.1) is 0 Å². The van der Waals surface area contributed by atoms with Gasteiger partial charge in [-0.1, -0.05) is 12.8 Å². The first-order chi connectivity index (χ1) is 15.1. The summed E-state index contributed by atoms with van der Waals surface area (Å²) in [5.74, 6) is 2.03. The highest BCUT2D eigenvalue weighted by atomic mass is 16.5. The maximum atomic E-state index is 12.7. The van der Waals surface area contributed by atoms with Gasteiger partial charge in [-0.15, -0.1) is 0 Å². The summed E-state index contributed by atoms with van der Waals surface area (Å²) in [7, 11) is 1.61. The number of nitrogens with one attached hydrogen (secondary N) is 1. The SMILES string of the molecule is CCNC(=NCc1cc(OC)ccc1O)N1CCN(CC(=O)N2CCCCCC2)CC1. The zero-order valence-electron chi connectivity index (χ0n) is 19.0. The summed E-state index contributed by atoms with van der Waals surface area (Å²) < 4.78 is 5.25. The molecular formula is C23H37N5O3. The number of likely N-dealkylation sites (tertiary alicyclic amines) is 1. The minimum Gasteiger partial charge on any atom is -0.508 e. The Labute approximate surface area is 185 Å². The summed E-state index contributed by atoms with van der Waals surface area (Å²) in [4.78, 5) is 23.9. The van der Waals surface area contributed by atoms with E-state index < -0.39 is 0 Å². The number of benzene rings is 1. The summed E-state index contributed by atoms with van der Waals surface area (Å²) >= 11 is 0. The molecule has 8 heteroatoms. The number of aromatic hydroxyl groups is 1. The van der Waals surface area contributed by atoms with E-state index >= 15 is 0 Å². The standard InChI is InChI=1S/C23H37N5O3/c1-3-24-23(25-17-19-16-20(31-2)8-9-21(19)29)28-14-12-26(13-15-28)18-22(30)27-10-6-4-5-7-11-27/h8-9,16,29H,3-7,10-15,17-18H2,1-2H3,(H,24,25). The van der Waals surface area contributed by atoms with Gasteiger partial charge in [0.05, 0.1) is 20.2 Å². The molecule has 0 saturated carbocycles. The molecule has 2 aliphatic rings. The normalized spacial score (nSPS) is 18.6. The molecule has 2 saturated heterocycles. The molecule has 1 amide bonds. The Morgan fingerprint density at radius 3 is 2.42 bits per heavy atom. The largest absolute Gasteiger partial charge is 0.508 e. The number of piperazine rings is 1. The van der Waals surface area contributed by atoms with E-state index in [0.29, 0.717) is 18.8 Å². The van der Waals surface area contributed by atoms with E-state index in [1.807, 2.05) is 11.0 Å². The second-order valence-corrected chi connectivity index (χ2v) is 8.22. The fraction of sp³-hybridized carbons (Fsp3) is 0.652. The van der Waals surface area contributed by atoms with Crippen molar-refractivity contribution in [3.8, 4) is 11.5 Å². The lowest BCUT2D eigenvalue weighted by atomic mass is 10.2. The number of hydrogen-bond acceptors (Lipinski definition) is 5. The molecule has 2 fully saturated rings. The van der Waals surface area contributed by atoms with Crippen molar-refractivity contribution in [2.45, 2.75) is 39.2 Å². The van der Waals surface area contributed by atoms with Crippen molar-refractivity contribution in [2.75, 3.05) is 59.5 Å². The van der Waals surface area contributed by atoms with Gasteiger partial charge < -0.3 is 25.0 Å². The summed E-state index contributed by atoms with van der Waals surface area (Å²) in [6.45, 7) is 8.86. The van der Waals surface area contributed by atoms with Gasteiger partial charge in [-0.05, 0) is 38.0 Å². The molecule has 0 spiro atoms. The average molecular weight is 432 g/mol. The highest BCUT2D eigenvalue weighted by Gasteiger charge is 2.23. The van der Waals surface area contributed by atoms with Crippen molar-refractivity contribution in [2.24, 2.45) is 4.99 Å². The number of amides is 1. The molecule has 0 aromatic heterocycles. The van der Waals surface area contributed by atoms with Gasteiger partial charge in [0.25, 0.3) is 0 Å². The first-order valence-electron chi connectivity index (χ1n) is 11.5. The number of phenolic OH excluding ortho intramolecular Hbond substituents is 1. The topological polar surface area (TPSA) is 80.6 Å². The zero-order chi connectivity index (χ0) is 22.1. The van der Waals surface area contributed by atoms with E-state index in [4.69, 9.17) is 9.73 Å². The van der Waals surface area contributed by atoms with E-state index in [0.717, 1.165) is 70.2 Å². The van der Waals surface area contributed by atoms with Crippen LogP contribution in [0.2, 0.25) is 0 Å². The van der Waals surface area contributed by atoms with Crippen LogP contribution < -0.4 is 10.1 Å². The van der Waals surface area contributed by atoms with Gasteiger partial charge in [0.15, 0.2) is 5.96 Å². The lowest BCUT2D eigenvalue weighted by Gasteiger charge is -2.37. The molecule has 2 N–H and O–H groups in total. The minimum absolute atomic E-state index is 0.220. The summed E-state index contributed by atoms with van der Waals surface area (Å²) in [5.41, 5.74) is 0.733. The van der Waals surface area contributed by atoms with Crippen LogP contribution in [-0.2, 0) is 11.3 Å². The van der Waals surface area contributed by atoms with E-state index in [2.05, 4.69) is 22.0 Å². The first-order valence-corrected chi connectivity index (χ1v) is 11.5. The number of carbonyl (C=O) groups is 1. The number of ether oxygens (including phenoxy) is 1. The molecule has 2 heterocycles. The average Bonchev–Trinajstić information content (AvgIpc) is 3.08. The number of hydrogen-bond donors (Lipinski definition) is 2. The van der Waals surface area contributed by atoms with Crippen molar-refractivity contribution in [3.63, 3.8) is 0 Å². The van der Waals surface area contributed by atoms with Gasteiger partial charge in [0.1, 0.15) is 11.5 Å². The maximum absolute atomic E-state index is 12.7. The molecule has 31 heavy (non-hydrogen) atoms. The van der Waals surface area contributed by atoms with E-state index in [1.54, 1.807) is 19.2 Å². The monoisotopic (exact) mass is 431 g/mol. The van der Waals surface area contributed by atoms with Crippen molar-refractivity contribution in [3.05, 3.63) is 23.8 Å².